The number of hydrogen-bond acceptors (Lipinski definition) is 8. The quantitative estimate of drug-likeness (QED) is 0.233. The molecule has 0 rings (SSSR count). The molecule has 0 saturated carbocycles. The van der Waals surface area contributed by atoms with E-state index in [1.807, 2.05) is 0 Å². The third-order valence-corrected chi connectivity index (χ3v) is 1.61. The molecule has 0 aliphatic heterocycles. The van der Waals surface area contributed by atoms with E-state index in [9.17, 15) is 19.2 Å². The van der Waals surface area contributed by atoms with Crippen molar-refractivity contribution in [2.24, 2.45) is 0 Å². The van der Waals surface area contributed by atoms with Gasteiger partial charge in [0.1, 0.15) is 0 Å². The Bertz CT molecular complexity index is 304. The molecule has 0 aromatic heterocycles. The first kappa shape index (κ1) is 20.0. The lowest BCUT2D eigenvalue weighted by molar-refractivity contribution is -0.165. The Balaban J connectivity index is 0. The van der Waals surface area contributed by atoms with Gasteiger partial charge in [-0.25, -0.2) is 19.2 Å². The lowest BCUT2D eigenvalue weighted by Crippen LogP contribution is -2.39. The molecule has 0 spiro atoms. The summed E-state index contributed by atoms with van der Waals surface area (Å²) in [5.74, 6) is -7.07. The van der Waals surface area contributed by atoms with Crippen LogP contribution in [0.3, 0.4) is 0 Å². The maximum absolute atomic E-state index is 9.77. The largest absolute Gasteiger partial charge is 0.479 e. The minimum atomic E-state index is -2.27. The van der Waals surface area contributed by atoms with Crippen LogP contribution in [0.25, 0.3) is 0 Å². The predicted octanol–water partition coefficient (Wildman–Crippen LogP) is -4.25. The van der Waals surface area contributed by atoms with Crippen LogP contribution < -0.4 is 0 Å². The topological polar surface area (TPSA) is 230 Å². The molecule has 12 nitrogen and oxygen atoms in total. The number of aliphatic hydroxyl groups is 4. The Morgan fingerprint density at radius 3 is 0.600 bits per heavy atom. The number of carboxylic acid groups (broad SMARTS) is 4. The van der Waals surface area contributed by atoms with E-state index < -0.39 is 48.3 Å². The molecule has 8 N–H and O–H groups in total. The molecule has 0 aromatic rings. The molecule has 0 heterocycles. The van der Waals surface area contributed by atoms with Crippen LogP contribution in [0.1, 0.15) is 0 Å². The van der Waals surface area contributed by atoms with Crippen LogP contribution in [0.4, 0.5) is 0 Å². The maximum Gasteiger partial charge on any atom is 0.335 e. The summed E-state index contributed by atoms with van der Waals surface area (Å²) in [6.45, 7) is 0. The zero-order valence-corrected chi connectivity index (χ0v) is 9.52. The number of hydrogen-bond donors (Lipinski definition) is 8. The maximum atomic E-state index is 9.77. The van der Waals surface area contributed by atoms with Crippen molar-refractivity contribution < 1.29 is 60.0 Å². The second kappa shape index (κ2) is 8.76. The van der Waals surface area contributed by atoms with Crippen LogP contribution in [0.15, 0.2) is 0 Å². The zero-order valence-electron chi connectivity index (χ0n) is 9.52. The fraction of sp³-hybridized carbons (Fsp3) is 0.500. The van der Waals surface area contributed by atoms with Crippen LogP contribution in [-0.4, -0.2) is 89.1 Å². The molecule has 4 unspecified atom stereocenters. The van der Waals surface area contributed by atoms with Crippen molar-refractivity contribution in [1.29, 1.82) is 0 Å². The van der Waals surface area contributed by atoms with Crippen molar-refractivity contribution in [3.05, 3.63) is 0 Å². The van der Waals surface area contributed by atoms with Crippen LogP contribution in [0.5, 0.6) is 0 Å². The van der Waals surface area contributed by atoms with Gasteiger partial charge in [-0.1, -0.05) is 0 Å². The molecular formula is C8H12O12. The molecule has 0 fully saturated rings. The zero-order chi connectivity index (χ0) is 16.6. The van der Waals surface area contributed by atoms with Crippen molar-refractivity contribution >= 4 is 23.9 Å². The molecule has 0 aromatic carbocycles. The molecule has 0 saturated heterocycles. The van der Waals surface area contributed by atoms with Gasteiger partial charge in [0.2, 0.25) is 0 Å². The monoisotopic (exact) mass is 300 g/mol. The minimum absolute atomic E-state index is 1.77. The number of carbonyl (C=O) groups is 4. The number of aliphatic hydroxyl groups excluding tert-OH is 4. The van der Waals surface area contributed by atoms with Gasteiger partial charge in [-0.05, 0) is 0 Å². The second-order valence-corrected chi connectivity index (χ2v) is 3.13. The van der Waals surface area contributed by atoms with Gasteiger partial charge in [0.05, 0.1) is 0 Å². The smallest absolute Gasteiger partial charge is 0.335 e. The van der Waals surface area contributed by atoms with Gasteiger partial charge in [-0.3, -0.25) is 0 Å². The number of rotatable bonds is 6. The summed E-state index contributed by atoms with van der Waals surface area (Å²) in [6.07, 6.45) is -9.06. The third-order valence-electron chi connectivity index (χ3n) is 1.61. The lowest BCUT2D eigenvalue weighted by atomic mass is 10.2. The highest BCUT2D eigenvalue weighted by molar-refractivity contribution is 5.83. The Hall–Kier alpha value is -2.28. The summed E-state index contributed by atoms with van der Waals surface area (Å²) in [4.78, 5) is 39.1. The lowest BCUT2D eigenvalue weighted by Gasteiger charge is -2.07. The van der Waals surface area contributed by atoms with Crippen molar-refractivity contribution in [2.75, 3.05) is 0 Å². The summed E-state index contributed by atoms with van der Waals surface area (Å²) in [5.41, 5.74) is 0. The number of carboxylic acids is 4. The van der Waals surface area contributed by atoms with E-state index in [0.29, 0.717) is 0 Å². The van der Waals surface area contributed by atoms with E-state index in [1.54, 1.807) is 0 Å². The molecule has 0 bridgehead atoms. The first-order valence-corrected chi connectivity index (χ1v) is 4.57. The van der Waals surface area contributed by atoms with Crippen LogP contribution in [-0.2, 0) is 19.2 Å². The second-order valence-electron chi connectivity index (χ2n) is 3.13. The number of aliphatic carboxylic acids is 4. The van der Waals surface area contributed by atoms with E-state index in [2.05, 4.69) is 0 Å². The summed E-state index contributed by atoms with van der Waals surface area (Å²) >= 11 is 0. The fourth-order valence-electron chi connectivity index (χ4n) is 0.540. The SMILES string of the molecule is O=C(O)C(O)C(O)C(=O)O.O=C(O)C(O)C(O)C(=O)O. The average molecular weight is 300 g/mol. The Morgan fingerprint density at radius 2 is 0.550 bits per heavy atom. The van der Waals surface area contributed by atoms with Crippen molar-refractivity contribution in [2.45, 2.75) is 24.4 Å². The Labute approximate surface area is 109 Å². The van der Waals surface area contributed by atoms with Crippen molar-refractivity contribution in [1.82, 2.24) is 0 Å². The molecule has 0 radical (unpaired) electrons. The third kappa shape index (κ3) is 7.22. The van der Waals surface area contributed by atoms with Crippen LogP contribution >= 0.6 is 0 Å². The predicted molar refractivity (Wildman–Crippen MR) is 54.6 cm³/mol. The average Bonchev–Trinajstić information content (AvgIpc) is 2.35. The summed E-state index contributed by atoms with van der Waals surface area (Å²) in [7, 11) is 0. The molecule has 4 atom stereocenters. The summed E-state index contributed by atoms with van der Waals surface area (Å²) < 4.78 is 0. The molecule has 0 aliphatic rings. The normalized spacial score (nSPS) is 15.8. The minimum Gasteiger partial charge on any atom is -0.479 e. The van der Waals surface area contributed by atoms with Crippen molar-refractivity contribution in [3.63, 3.8) is 0 Å². The molecular weight excluding hydrogens is 288 g/mol. The van der Waals surface area contributed by atoms with Crippen LogP contribution in [0.2, 0.25) is 0 Å². The standard InChI is InChI=1S/2C4H6O6/c2*5-1(3(7)8)2(6)4(9)10/h2*1-2,5-6H,(H,7,8)(H,9,10). The Morgan fingerprint density at radius 1 is 0.450 bits per heavy atom. The summed E-state index contributed by atoms with van der Waals surface area (Å²) in [6, 6.07) is 0. The van der Waals surface area contributed by atoms with E-state index in [1.165, 1.54) is 0 Å². The van der Waals surface area contributed by atoms with Gasteiger partial charge in [-0.15, -0.1) is 0 Å². The molecule has 20 heavy (non-hydrogen) atoms. The van der Waals surface area contributed by atoms with Gasteiger partial charge < -0.3 is 40.9 Å². The van der Waals surface area contributed by atoms with Crippen molar-refractivity contribution in [3.8, 4) is 0 Å². The molecule has 0 aliphatic carbocycles. The first-order chi connectivity index (χ1) is 8.93. The van der Waals surface area contributed by atoms with Gasteiger partial charge in [0, 0.05) is 0 Å². The molecule has 0 amide bonds. The van der Waals surface area contributed by atoms with Gasteiger partial charge >= 0.3 is 23.9 Å². The molecule has 12 heteroatoms. The highest BCUT2D eigenvalue weighted by Gasteiger charge is 2.30. The van der Waals surface area contributed by atoms with Gasteiger partial charge in [0.15, 0.2) is 24.4 Å². The first-order valence-electron chi connectivity index (χ1n) is 4.57. The van der Waals surface area contributed by atoms with Gasteiger partial charge in [-0.2, -0.15) is 0 Å². The van der Waals surface area contributed by atoms with E-state index in [4.69, 9.17) is 40.9 Å². The Kier molecular flexibility index (Phi) is 8.78. The molecule has 116 valence electrons. The highest BCUT2D eigenvalue weighted by Crippen LogP contribution is 1.93. The van der Waals surface area contributed by atoms with E-state index in [0.717, 1.165) is 0 Å². The van der Waals surface area contributed by atoms with Gasteiger partial charge in [0.25, 0.3) is 0 Å². The van der Waals surface area contributed by atoms with E-state index in [-0.39, 0.29) is 0 Å². The van der Waals surface area contributed by atoms with Crippen LogP contribution in [0, 0.1) is 0 Å². The summed E-state index contributed by atoms with van der Waals surface area (Å²) in [5, 5.41) is 65.1. The fourth-order valence-corrected chi connectivity index (χ4v) is 0.540. The van der Waals surface area contributed by atoms with E-state index >= 15 is 0 Å². The highest BCUT2D eigenvalue weighted by atomic mass is 16.4.